The number of para-hydroxylation sites is 1. The largest absolute Gasteiger partial charge is 0.496 e. The fourth-order valence-electron chi connectivity index (χ4n) is 2.65. The van der Waals surface area contributed by atoms with Crippen molar-refractivity contribution in [2.75, 3.05) is 19.1 Å². The summed E-state index contributed by atoms with van der Waals surface area (Å²) in [6.07, 6.45) is 1.70. The van der Waals surface area contributed by atoms with Crippen molar-refractivity contribution in [3.63, 3.8) is 0 Å². The molecule has 2 aromatic carbocycles. The summed E-state index contributed by atoms with van der Waals surface area (Å²) in [4.78, 5) is 26.5. The molecule has 5 nitrogen and oxygen atoms in total. The summed E-state index contributed by atoms with van der Waals surface area (Å²) in [5, 5.41) is 2.90. The van der Waals surface area contributed by atoms with E-state index in [4.69, 9.17) is 4.74 Å². The maximum atomic E-state index is 12.6. The number of imide groups is 1. The highest BCUT2D eigenvalue weighted by atomic mass is 32.2. The zero-order valence-corrected chi connectivity index (χ0v) is 15.7. The number of methoxy groups -OCH3 is 1. The summed E-state index contributed by atoms with van der Waals surface area (Å²) in [6.45, 7) is 4.12. The second-order valence-electron chi connectivity index (χ2n) is 6.00. The molecule has 0 bridgehead atoms. The van der Waals surface area contributed by atoms with Crippen LogP contribution in [0.1, 0.15) is 16.7 Å². The van der Waals surface area contributed by atoms with Crippen LogP contribution in [-0.2, 0) is 4.79 Å². The minimum absolute atomic E-state index is 0.137. The van der Waals surface area contributed by atoms with Crippen molar-refractivity contribution < 1.29 is 14.3 Å². The van der Waals surface area contributed by atoms with Crippen LogP contribution in [0.5, 0.6) is 5.75 Å². The van der Waals surface area contributed by atoms with Crippen LogP contribution in [0.4, 0.5) is 10.5 Å². The van der Waals surface area contributed by atoms with Crippen LogP contribution in [0.25, 0.3) is 6.08 Å². The predicted octanol–water partition coefficient (Wildman–Crippen LogP) is 4.42. The number of anilines is 1. The Kier molecular flexibility index (Phi) is 5.32. The lowest BCUT2D eigenvalue weighted by Gasteiger charge is -2.16. The van der Waals surface area contributed by atoms with Crippen molar-refractivity contribution in [2.45, 2.75) is 13.8 Å². The Labute approximate surface area is 157 Å². The molecule has 26 heavy (non-hydrogen) atoms. The minimum Gasteiger partial charge on any atom is -0.496 e. The molecule has 1 saturated heterocycles. The molecule has 0 radical (unpaired) electrons. The number of carbonyl (C=O) groups excluding carboxylic acids is 2. The van der Waals surface area contributed by atoms with Gasteiger partial charge in [0.15, 0.2) is 0 Å². The van der Waals surface area contributed by atoms with Crippen molar-refractivity contribution in [2.24, 2.45) is 0 Å². The molecule has 0 aliphatic carbocycles. The fraction of sp³-hybridized carbons (Fsp3) is 0.200. The van der Waals surface area contributed by atoms with E-state index < -0.39 is 0 Å². The van der Waals surface area contributed by atoms with Crippen molar-refractivity contribution in [1.82, 2.24) is 4.90 Å². The third-order valence-corrected chi connectivity index (χ3v) is 5.03. The summed E-state index contributed by atoms with van der Waals surface area (Å²) < 4.78 is 5.30. The molecule has 0 atom stereocenters. The number of ether oxygens (including phenoxy) is 1. The summed E-state index contributed by atoms with van der Waals surface area (Å²) in [7, 11) is 1.58. The molecule has 2 amide bonds. The maximum absolute atomic E-state index is 12.6. The Balaban J connectivity index is 1.77. The molecule has 2 aromatic rings. The quantitative estimate of drug-likeness (QED) is 0.792. The molecule has 1 heterocycles. The zero-order valence-electron chi connectivity index (χ0n) is 14.9. The lowest BCUT2D eigenvalue weighted by molar-refractivity contribution is -0.122. The van der Waals surface area contributed by atoms with Crippen molar-refractivity contribution in [1.29, 1.82) is 0 Å². The topological polar surface area (TPSA) is 58.6 Å². The van der Waals surface area contributed by atoms with E-state index in [9.17, 15) is 9.59 Å². The number of amides is 2. The van der Waals surface area contributed by atoms with Gasteiger partial charge in [0, 0.05) is 11.3 Å². The lowest BCUT2D eigenvalue weighted by Crippen LogP contribution is -2.33. The fourth-order valence-corrected chi connectivity index (χ4v) is 3.48. The predicted molar refractivity (Wildman–Crippen MR) is 105 cm³/mol. The van der Waals surface area contributed by atoms with E-state index in [-0.39, 0.29) is 17.8 Å². The van der Waals surface area contributed by atoms with Crippen LogP contribution >= 0.6 is 11.8 Å². The first-order valence-corrected chi connectivity index (χ1v) is 9.01. The van der Waals surface area contributed by atoms with Gasteiger partial charge in [-0.3, -0.25) is 14.5 Å². The Hall–Kier alpha value is -2.73. The van der Waals surface area contributed by atoms with Gasteiger partial charge in [0.1, 0.15) is 5.75 Å². The van der Waals surface area contributed by atoms with E-state index in [1.54, 1.807) is 13.2 Å². The number of hydrogen-bond acceptors (Lipinski definition) is 5. The summed E-state index contributed by atoms with van der Waals surface area (Å²) in [5.41, 5.74) is 3.86. The number of nitrogens with zero attached hydrogens (tertiary/aromatic N) is 1. The van der Waals surface area contributed by atoms with Crippen LogP contribution in [0.3, 0.4) is 0 Å². The molecule has 0 unspecified atom stereocenters. The van der Waals surface area contributed by atoms with E-state index in [2.05, 4.69) is 5.32 Å². The van der Waals surface area contributed by atoms with Gasteiger partial charge >= 0.3 is 0 Å². The molecule has 1 N–H and O–H groups in total. The molecule has 1 fully saturated rings. The van der Waals surface area contributed by atoms with Gasteiger partial charge in [-0.15, -0.1) is 0 Å². The highest BCUT2D eigenvalue weighted by Gasteiger charge is 2.35. The number of thioether (sulfide) groups is 1. The molecule has 3 rings (SSSR count). The Bertz CT molecular complexity index is 892. The highest BCUT2D eigenvalue weighted by Crippen LogP contribution is 2.33. The van der Waals surface area contributed by atoms with E-state index in [0.717, 1.165) is 34.1 Å². The number of nitrogens with one attached hydrogen (secondary N) is 1. The first kappa shape index (κ1) is 18.1. The Morgan fingerprint density at radius 2 is 1.92 bits per heavy atom. The average molecular weight is 368 g/mol. The van der Waals surface area contributed by atoms with Crippen LogP contribution in [0.15, 0.2) is 47.4 Å². The molecule has 0 saturated carbocycles. The second-order valence-corrected chi connectivity index (χ2v) is 7.00. The van der Waals surface area contributed by atoms with Crippen molar-refractivity contribution in [3.05, 3.63) is 64.1 Å². The molecule has 0 aromatic heterocycles. The summed E-state index contributed by atoms with van der Waals surface area (Å²) in [6, 6.07) is 13.4. The Morgan fingerprint density at radius 1 is 1.15 bits per heavy atom. The van der Waals surface area contributed by atoms with E-state index >= 15 is 0 Å². The number of carbonyl (C=O) groups is 2. The molecular formula is C20H20N2O3S. The smallest absolute Gasteiger partial charge is 0.295 e. The third kappa shape index (κ3) is 3.75. The van der Waals surface area contributed by atoms with Gasteiger partial charge in [-0.05, 0) is 54.9 Å². The number of aryl methyl sites for hydroxylation is 2. The van der Waals surface area contributed by atoms with Gasteiger partial charge in [0.2, 0.25) is 0 Å². The SMILES string of the molecule is COc1ccccc1/C=C1/SC(=O)N(CNc2cc(C)ccc2C)C1=O. The average Bonchev–Trinajstić information content (AvgIpc) is 2.89. The molecule has 6 heteroatoms. The molecule has 1 aliphatic rings. The van der Waals surface area contributed by atoms with Crippen molar-refractivity contribution >= 4 is 34.7 Å². The molecule has 134 valence electrons. The highest BCUT2D eigenvalue weighted by molar-refractivity contribution is 8.18. The van der Waals surface area contributed by atoms with Crippen LogP contribution in [-0.4, -0.2) is 29.8 Å². The van der Waals surface area contributed by atoms with Gasteiger partial charge in [-0.2, -0.15) is 0 Å². The van der Waals surface area contributed by atoms with E-state index in [1.807, 2.05) is 56.3 Å². The molecule has 0 spiro atoms. The van der Waals surface area contributed by atoms with Gasteiger partial charge in [-0.1, -0.05) is 30.3 Å². The number of rotatable bonds is 5. The normalized spacial score (nSPS) is 15.7. The number of hydrogen-bond donors (Lipinski definition) is 1. The summed E-state index contributed by atoms with van der Waals surface area (Å²) >= 11 is 0.941. The minimum atomic E-state index is -0.302. The van der Waals surface area contributed by atoms with Gasteiger partial charge < -0.3 is 10.1 Å². The monoisotopic (exact) mass is 368 g/mol. The molecule has 1 aliphatic heterocycles. The van der Waals surface area contributed by atoms with Crippen LogP contribution in [0, 0.1) is 13.8 Å². The van der Waals surface area contributed by atoms with Gasteiger partial charge in [0.05, 0.1) is 18.7 Å². The number of benzene rings is 2. The van der Waals surface area contributed by atoms with Crippen LogP contribution in [0.2, 0.25) is 0 Å². The first-order valence-electron chi connectivity index (χ1n) is 8.19. The third-order valence-electron chi connectivity index (χ3n) is 4.12. The van der Waals surface area contributed by atoms with Gasteiger partial charge in [0.25, 0.3) is 11.1 Å². The first-order chi connectivity index (χ1) is 12.5. The Morgan fingerprint density at radius 3 is 2.69 bits per heavy atom. The zero-order chi connectivity index (χ0) is 18.7. The van der Waals surface area contributed by atoms with Crippen LogP contribution < -0.4 is 10.1 Å². The van der Waals surface area contributed by atoms with Gasteiger partial charge in [-0.25, -0.2) is 0 Å². The second kappa shape index (κ2) is 7.66. The maximum Gasteiger partial charge on any atom is 0.295 e. The molecular weight excluding hydrogens is 348 g/mol. The standard InChI is InChI=1S/C20H20N2O3S/c1-13-8-9-14(2)16(10-13)21-12-22-19(23)18(26-20(22)24)11-15-6-4-5-7-17(15)25-3/h4-11,21H,12H2,1-3H3/b18-11+. The van der Waals surface area contributed by atoms with E-state index in [0.29, 0.717) is 10.7 Å². The lowest BCUT2D eigenvalue weighted by atomic mass is 10.1. The van der Waals surface area contributed by atoms with Crippen molar-refractivity contribution in [3.8, 4) is 5.75 Å². The summed E-state index contributed by atoms with van der Waals surface area (Å²) in [5.74, 6) is 0.358. The van der Waals surface area contributed by atoms with E-state index in [1.165, 1.54) is 4.90 Å².